The van der Waals surface area contributed by atoms with Crippen molar-refractivity contribution in [3.8, 4) is 0 Å². The molecule has 2 aliphatic rings. The summed E-state index contributed by atoms with van der Waals surface area (Å²) in [5.41, 5.74) is 0.620. The van der Waals surface area contributed by atoms with Crippen LogP contribution in [0.4, 0.5) is 0 Å². The number of carboxylic acid groups (broad SMARTS) is 1. The van der Waals surface area contributed by atoms with Gasteiger partial charge < -0.3 is 5.11 Å². The molecule has 1 aromatic rings. The van der Waals surface area contributed by atoms with Crippen LogP contribution in [0.2, 0.25) is 0 Å². The highest BCUT2D eigenvalue weighted by molar-refractivity contribution is 9.10. The first-order valence-corrected chi connectivity index (χ1v) is 7.82. The van der Waals surface area contributed by atoms with Crippen LogP contribution in [0.5, 0.6) is 0 Å². The molecule has 0 aromatic heterocycles. The first-order chi connectivity index (χ1) is 9.04. The molecule has 2 aliphatic carbocycles. The molecule has 0 aliphatic heterocycles. The maximum absolute atomic E-state index is 12.0. The number of fused-ring (bicyclic) bond motifs is 2. The molecule has 2 nitrogen and oxygen atoms in total. The molecule has 1 aromatic carbocycles. The van der Waals surface area contributed by atoms with E-state index in [0.717, 1.165) is 29.3 Å². The number of benzene rings is 1. The van der Waals surface area contributed by atoms with Gasteiger partial charge in [0.25, 0.3) is 0 Å². The SMILES string of the molecule is CC(c1ccc(Br)cc1)C1(C(=O)O)CC2CCC1C2. The minimum Gasteiger partial charge on any atom is -0.481 e. The highest BCUT2D eigenvalue weighted by atomic mass is 79.9. The predicted octanol–water partition coefficient (Wildman–Crippen LogP) is 4.44. The molecule has 4 unspecified atom stereocenters. The normalized spacial score (nSPS) is 34.4. The van der Waals surface area contributed by atoms with Gasteiger partial charge in [0, 0.05) is 4.47 Å². The highest BCUT2D eigenvalue weighted by Gasteiger charge is 2.58. The Hall–Kier alpha value is -0.830. The molecule has 3 rings (SSSR count). The average molecular weight is 323 g/mol. The number of rotatable bonds is 3. The molecule has 102 valence electrons. The molecule has 1 N–H and O–H groups in total. The van der Waals surface area contributed by atoms with Crippen molar-refractivity contribution in [2.24, 2.45) is 17.3 Å². The number of hydrogen-bond acceptors (Lipinski definition) is 1. The van der Waals surface area contributed by atoms with Crippen LogP contribution in [-0.2, 0) is 4.79 Å². The topological polar surface area (TPSA) is 37.3 Å². The van der Waals surface area contributed by atoms with Gasteiger partial charge in [0.1, 0.15) is 0 Å². The molecule has 0 saturated heterocycles. The lowest BCUT2D eigenvalue weighted by Crippen LogP contribution is -2.41. The van der Waals surface area contributed by atoms with Crippen molar-refractivity contribution in [1.82, 2.24) is 0 Å². The Morgan fingerprint density at radius 1 is 1.37 bits per heavy atom. The Balaban J connectivity index is 1.97. The third-order valence-corrected chi connectivity index (χ3v) is 5.97. The summed E-state index contributed by atoms with van der Waals surface area (Å²) in [5.74, 6) is 0.510. The van der Waals surface area contributed by atoms with Crippen molar-refractivity contribution in [3.63, 3.8) is 0 Å². The van der Waals surface area contributed by atoms with Crippen molar-refractivity contribution in [1.29, 1.82) is 0 Å². The van der Waals surface area contributed by atoms with E-state index in [9.17, 15) is 9.90 Å². The van der Waals surface area contributed by atoms with Crippen molar-refractivity contribution >= 4 is 21.9 Å². The first-order valence-electron chi connectivity index (χ1n) is 7.03. The van der Waals surface area contributed by atoms with Gasteiger partial charge >= 0.3 is 5.97 Å². The van der Waals surface area contributed by atoms with Crippen LogP contribution in [0.15, 0.2) is 28.7 Å². The number of carbonyl (C=O) groups is 1. The van der Waals surface area contributed by atoms with Gasteiger partial charge in [0.05, 0.1) is 5.41 Å². The van der Waals surface area contributed by atoms with Gasteiger partial charge in [-0.1, -0.05) is 41.4 Å². The quantitative estimate of drug-likeness (QED) is 0.893. The summed E-state index contributed by atoms with van der Waals surface area (Å²) in [5, 5.41) is 9.86. The zero-order valence-electron chi connectivity index (χ0n) is 11.1. The zero-order valence-corrected chi connectivity index (χ0v) is 12.7. The van der Waals surface area contributed by atoms with Crippen LogP contribution in [-0.4, -0.2) is 11.1 Å². The zero-order chi connectivity index (χ0) is 13.6. The van der Waals surface area contributed by atoms with E-state index >= 15 is 0 Å². The van der Waals surface area contributed by atoms with Crippen molar-refractivity contribution in [2.45, 2.75) is 38.5 Å². The minimum atomic E-state index is -0.588. The third kappa shape index (κ3) is 1.94. The van der Waals surface area contributed by atoms with E-state index in [4.69, 9.17) is 0 Å². The maximum Gasteiger partial charge on any atom is 0.310 e. The molecule has 4 atom stereocenters. The highest BCUT2D eigenvalue weighted by Crippen LogP contribution is 2.61. The van der Waals surface area contributed by atoms with Crippen molar-refractivity contribution in [2.75, 3.05) is 0 Å². The molecule has 2 bridgehead atoms. The van der Waals surface area contributed by atoms with Crippen LogP contribution in [0.1, 0.15) is 44.1 Å². The lowest BCUT2D eigenvalue weighted by molar-refractivity contribution is -0.154. The van der Waals surface area contributed by atoms with Crippen LogP contribution < -0.4 is 0 Å². The summed E-state index contributed by atoms with van der Waals surface area (Å²) in [7, 11) is 0. The van der Waals surface area contributed by atoms with Crippen LogP contribution >= 0.6 is 15.9 Å². The molecular weight excluding hydrogens is 304 g/mol. The van der Waals surface area contributed by atoms with Crippen molar-refractivity contribution < 1.29 is 9.90 Å². The predicted molar refractivity (Wildman–Crippen MR) is 78.1 cm³/mol. The Kier molecular flexibility index (Phi) is 3.20. The maximum atomic E-state index is 12.0. The summed E-state index contributed by atoms with van der Waals surface area (Å²) in [6.45, 7) is 2.10. The lowest BCUT2D eigenvalue weighted by atomic mass is 9.63. The summed E-state index contributed by atoms with van der Waals surface area (Å²) in [6, 6.07) is 8.14. The fourth-order valence-corrected chi connectivity index (χ4v) is 4.66. The Bertz CT molecular complexity index is 496. The van der Waals surface area contributed by atoms with E-state index in [-0.39, 0.29) is 5.92 Å². The molecule has 2 fully saturated rings. The Morgan fingerprint density at radius 2 is 2.05 bits per heavy atom. The van der Waals surface area contributed by atoms with Crippen molar-refractivity contribution in [3.05, 3.63) is 34.3 Å². The molecule has 0 amide bonds. The van der Waals surface area contributed by atoms with Gasteiger partial charge in [-0.05, 0) is 54.7 Å². The largest absolute Gasteiger partial charge is 0.481 e. The van der Waals surface area contributed by atoms with Crippen LogP contribution in [0, 0.1) is 17.3 Å². The molecule has 19 heavy (non-hydrogen) atoms. The first kappa shape index (κ1) is 13.2. The standard InChI is InChI=1S/C16H19BrO2/c1-10(12-3-6-14(17)7-4-12)16(15(18)19)9-11-2-5-13(16)8-11/h3-4,6-7,10-11,13H,2,5,8-9H2,1H3,(H,18,19). The van der Waals surface area contributed by atoms with Crippen LogP contribution in [0.3, 0.4) is 0 Å². The second-order valence-corrected chi connectivity index (χ2v) is 7.11. The van der Waals surface area contributed by atoms with E-state index in [1.807, 2.05) is 12.1 Å². The molecule has 2 saturated carbocycles. The van der Waals surface area contributed by atoms with Gasteiger partial charge in [0.15, 0.2) is 0 Å². The molecule has 3 heteroatoms. The lowest BCUT2D eigenvalue weighted by Gasteiger charge is -2.39. The number of hydrogen-bond donors (Lipinski definition) is 1. The summed E-state index contributed by atoms with van der Waals surface area (Å²) in [6.07, 6.45) is 4.31. The van der Waals surface area contributed by atoms with Gasteiger partial charge in [0.2, 0.25) is 0 Å². The molecule has 0 spiro atoms. The monoisotopic (exact) mass is 322 g/mol. The fraction of sp³-hybridized carbons (Fsp3) is 0.562. The van der Waals surface area contributed by atoms with E-state index < -0.39 is 11.4 Å². The molecule has 0 radical (unpaired) electrons. The van der Waals surface area contributed by atoms with E-state index in [1.54, 1.807) is 0 Å². The van der Waals surface area contributed by atoms with Gasteiger partial charge in [-0.2, -0.15) is 0 Å². The summed E-state index contributed by atoms with van der Waals surface area (Å²) >= 11 is 3.44. The smallest absolute Gasteiger partial charge is 0.310 e. The average Bonchev–Trinajstić information content (AvgIpc) is 2.99. The minimum absolute atomic E-state index is 0.0911. The fourth-order valence-electron chi connectivity index (χ4n) is 4.40. The second kappa shape index (κ2) is 4.62. The third-order valence-electron chi connectivity index (χ3n) is 5.44. The Morgan fingerprint density at radius 3 is 2.53 bits per heavy atom. The van der Waals surface area contributed by atoms with Gasteiger partial charge in [-0.3, -0.25) is 4.79 Å². The molecular formula is C16H19BrO2. The number of aliphatic carboxylic acids is 1. The van der Waals surface area contributed by atoms with Gasteiger partial charge in [-0.15, -0.1) is 0 Å². The van der Waals surface area contributed by atoms with E-state index in [2.05, 4.69) is 35.0 Å². The summed E-state index contributed by atoms with van der Waals surface area (Å²) < 4.78 is 1.04. The summed E-state index contributed by atoms with van der Waals surface area (Å²) in [4.78, 5) is 12.0. The second-order valence-electron chi connectivity index (χ2n) is 6.20. The Labute approximate surface area is 122 Å². The molecule has 0 heterocycles. The van der Waals surface area contributed by atoms with Crippen LogP contribution in [0.25, 0.3) is 0 Å². The number of carboxylic acids is 1. The van der Waals surface area contributed by atoms with E-state index in [1.165, 1.54) is 6.42 Å². The van der Waals surface area contributed by atoms with Gasteiger partial charge in [-0.25, -0.2) is 0 Å². The number of halogens is 1. The van der Waals surface area contributed by atoms with E-state index in [0.29, 0.717) is 11.8 Å².